The molecule has 88 valence electrons. The molecular weight excluding hydrogens is 270 g/mol. The summed E-state index contributed by atoms with van der Waals surface area (Å²) in [6, 6.07) is 5.47. The van der Waals surface area contributed by atoms with E-state index in [1.54, 1.807) is 13.2 Å². The molecule has 0 unspecified atom stereocenters. The number of rotatable bonds is 2. The molecule has 1 rings (SSSR count). The number of anilines is 1. The van der Waals surface area contributed by atoms with E-state index in [0.29, 0.717) is 5.75 Å². The molecule has 0 spiro atoms. The number of carbonyl (C=O) groups excluding carboxylic acids is 1. The van der Waals surface area contributed by atoms with Crippen molar-refractivity contribution in [3.05, 3.63) is 22.7 Å². The predicted octanol–water partition coefficient (Wildman–Crippen LogP) is 3.44. The molecule has 0 aliphatic rings. The van der Waals surface area contributed by atoms with E-state index in [1.165, 1.54) is 0 Å². The zero-order valence-corrected chi connectivity index (χ0v) is 11.5. The van der Waals surface area contributed by atoms with Crippen LogP contribution >= 0.6 is 15.9 Å². The van der Waals surface area contributed by atoms with Crippen LogP contribution in [0.15, 0.2) is 22.7 Å². The molecule has 0 radical (unpaired) electrons. The largest absolute Gasteiger partial charge is 0.497 e. The van der Waals surface area contributed by atoms with Crippen LogP contribution in [0.5, 0.6) is 5.75 Å². The molecule has 0 bridgehead atoms. The van der Waals surface area contributed by atoms with Gasteiger partial charge in [-0.25, -0.2) is 0 Å². The lowest BCUT2D eigenvalue weighted by Crippen LogP contribution is -2.27. The highest BCUT2D eigenvalue weighted by Crippen LogP contribution is 2.26. The Morgan fingerprint density at radius 1 is 1.31 bits per heavy atom. The molecule has 16 heavy (non-hydrogen) atoms. The number of methoxy groups -OCH3 is 1. The molecule has 4 heteroatoms. The molecule has 0 aliphatic heterocycles. The maximum absolute atomic E-state index is 11.8. The fourth-order valence-electron chi connectivity index (χ4n) is 1.07. The summed E-state index contributed by atoms with van der Waals surface area (Å²) in [6.45, 7) is 5.62. The van der Waals surface area contributed by atoms with Gasteiger partial charge in [0.1, 0.15) is 5.75 Å². The van der Waals surface area contributed by atoms with Crippen LogP contribution in [0.2, 0.25) is 0 Å². The third-order valence-corrected chi connectivity index (χ3v) is 2.50. The minimum Gasteiger partial charge on any atom is -0.497 e. The Hall–Kier alpha value is -1.03. The molecule has 0 aromatic heterocycles. The summed E-state index contributed by atoms with van der Waals surface area (Å²) in [5.41, 5.74) is 0.321. The van der Waals surface area contributed by atoms with E-state index in [1.807, 2.05) is 32.9 Å². The Bertz CT molecular complexity index is 396. The van der Waals surface area contributed by atoms with Gasteiger partial charge in [-0.3, -0.25) is 4.79 Å². The molecule has 0 atom stereocenters. The number of ether oxygens (including phenoxy) is 1. The average molecular weight is 286 g/mol. The number of hydrogen-bond donors (Lipinski definition) is 1. The Balaban J connectivity index is 2.89. The Morgan fingerprint density at radius 3 is 2.44 bits per heavy atom. The van der Waals surface area contributed by atoms with Gasteiger partial charge in [0.25, 0.3) is 0 Å². The van der Waals surface area contributed by atoms with Crippen LogP contribution in [-0.4, -0.2) is 13.0 Å². The van der Waals surface area contributed by atoms with Gasteiger partial charge in [-0.05, 0) is 12.1 Å². The summed E-state index contributed by atoms with van der Waals surface area (Å²) in [5.74, 6) is 0.686. The second kappa shape index (κ2) is 4.87. The number of halogens is 1. The van der Waals surface area contributed by atoms with Crippen LogP contribution in [0, 0.1) is 5.41 Å². The molecule has 1 N–H and O–H groups in total. The van der Waals surface area contributed by atoms with Crippen LogP contribution in [0.4, 0.5) is 5.69 Å². The first-order valence-electron chi connectivity index (χ1n) is 4.99. The van der Waals surface area contributed by atoms with Crippen LogP contribution in [-0.2, 0) is 4.79 Å². The summed E-state index contributed by atoms with van der Waals surface area (Å²) in [6.07, 6.45) is 0. The van der Waals surface area contributed by atoms with Crippen LogP contribution < -0.4 is 10.1 Å². The average Bonchev–Trinajstić information content (AvgIpc) is 2.15. The molecule has 0 heterocycles. The third-order valence-electron chi connectivity index (χ3n) is 2.05. The maximum atomic E-state index is 11.8. The first-order valence-corrected chi connectivity index (χ1v) is 5.78. The van der Waals surface area contributed by atoms with Crippen molar-refractivity contribution >= 4 is 27.5 Å². The fraction of sp³-hybridized carbons (Fsp3) is 0.417. The zero-order chi connectivity index (χ0) is 12.3. The monoisotopic (exact) mass is 285 g/mol. The van der Waals surface area contributed by atoms with Crippen molar-refractivity contribution in [1.29, 1.82) is 0 Å². The van der Waals surface area contributed by atoms with Gasteiger partial charge in [-0.15, -0.1) is 0 Å². The summed E-state index contributed by atoms with van der Waals surface area (Å²) < 4.78 is 5.99. The van der Waals surface area contributed by atoms with E-state index in [4.69, 9.17) is 4.74 Å². The van der Waals surface area contributed by atoms with Crippen LogP contribution in [0.1, 0.15) is 20.8 Å². The van der Waals surface area contributed by atoms with Gasteiger partial charge in [0.05, 0.1) is 7.11 Å². The van der Waals surface area contributed by atoms with Gasteiger partial charge in [-0.1, -0.05) is 36.7 Å². The molecule has 0 saturated heterocycles. The Labute approximate surface area is 104 Å². The highest BCUT2D eigenvalue weighted by molar-refractivity contribution is 9.10. The van der Waals surface area contributed by atoms with Crippen molar-refractivity contribution in [2.75, 3.05) is 12.4 Å². The lowest BCUT2D eigenvalue weighted by Gasteiger charge is -2.18. The van der Waals surface area contributed by atoms with Crippen molar-refractivity contribution in [2.24, 2.45) is 5.41 Å². The fourth-order valence-corrected chi connectivity index (χ4v) is 1.54. The van der Waals surface area contributed by atoms with Gasteiger partial charge in [-0.2, -0.15) is 0 Å². The molecule has 1 aromatic rings. The highest BCUT2D eigenvalue weighted by atomic mass is 79.9. The van der Waals surface area contributed by atoms with Gasteiger partial charge in [0.2, 0.25) is 5.91 Å². The lowest BCUT2D eigenvalue weighted by molar-refractivity contribution is -0.123. The third kappa shape index (κ3) is 3.52. The molecule has 1 amide bonds. The Morgan fingerprint density at radius 2 is 1.94 bits per heavy atom. The first-order chi connectivity index (χ1) is 7.32. The smallest absolute Gasteiger partial charge is 0.229 e. The molecule has 1 aromatic carbocycles. The number of carbonyl (C=O) groups is 1. The Kier molecular flexibility index (Phi) is 3.97. The highest BCUT2D eigenvalue weighted by Gasteiger charge is 2.21. The summed E-state index contributed by atoms with van der Waals surface area (Å²) in [7, 11) is 1.59. The molecular formula is C12H16BrNO2. The minimum absolute atomic E-state index is 0.0207. The molecule has 0 aliphatic carbocycles. The van der Waals surface area contributed by atoms with Crippen LogP contribution in [0.3, 0.4) is 0 Å². The number of hydrogen-bond acceptors (Lipinski definition) is 2. The topological polar surface area (TPSA) is 38.3 Å². The van der Waals surface area contributed by atoms with E-state index in [2.05, 4.69) is 21.2 Å². The summed E-state index contributed by atoms with van der Waals surface area (Å²) in [5, 5.41) is 2.85. The van der Waals surface area contributed by atoms with Gasteiger partial charge in [0, 0.05) is 21.6 Å². The standard InChI is InChI=1S/C12H16BrNO2/c1-12(2,3)11(15)14-9-5-8(13)6-10(7-9)16-4/h5-7H,1-4H3,(H,14,15). The SMILES string of the molecule is COc1cc(Br)cc(NC(=O)C(C)(C)C)c1. The van der Waals surface area contributed by atoms with Crippen LogP contribution in [0.25, 0.3) is 0 Å². The van der Waals surface area contributed by atoms with Gasteiger partial charge >= 0.3 is 0 Å². The van der Waals surface area contributed by atoms with E-state index < -0.39 is 5.41 Å². The predicted molar refractivity (Wildman–Crippen MR) is 68.8 cm³/mol. The molecule has 3 nitrogen and oxygen atoms in total. The number of benzene rings is 1. The number of nitrogens with one attached hydrogen (secondary N) is 1. The first kappa shape index (κ1) is 13.0. The minimum atomic E-state index is -0.407. The van der Waals surface area contributed by atoms with Crippen molar-refractivity contribution in [3.8, 4) is 5.75 Å². The van der Waals surface area contributed by atoms with Crippen molar-refractivity contribution in [1.82, 2.24) is 0 Å². The lowest BCUT2D eigenvalue weighted by atomic mass is 9.95. The van der Waals surface area contributed by atoms with E-state index in [-0.39, 0.29) is 5.91 Å². The second-order valence-electron chi connectivity index (χ2n) is 4.58. The quantitative estimate of drug-likeness (QED) is 0.904. The van der Waals surface area contributed by atoms with Crippen molar-refractivity contribution < 1.29 is 9.53 Å². The normalized spacial score (nSPS) is 11.1. The maximum Gasteiger partial charge on any atom is 0.229 e. The second-order valence-corrected chi connectivity index (χ2v) is 5.50. The van der Waals surface area contributed by atoms with E-state index in [9.17, 15) is 4.79 Å². The van der Waals surface area contributed by atoms with Crippen molar-refractivity contribution in [2.45, 2.75) is 20.8 Å². The van der Waals surface area contributed by atoms with Gasteiger partial charge < -0.3 is 10.1 Å². The summed E-state index contributed by atoms with van der Waals surface area (Å²) in [4.78, 5) is 11.8. The van der Waals surface area contributed by atoms with Gasteiger partial charge in [0.15, 0.2) is 0 Å². The molecule has 0 saturated carbocycles. The zero-order valence-electron chi connectivity index (χ0n) is 9.93. The molecule has 0 fully saturated rings. The van der Waals surface area contributed by atoms with Crippen molar-refractivity contribution in [3.63, 3.8) is 0 Å². The summed E-state index contributed by atoms with van der Waals surface area (Å²) >= 11 is 3.36. The van der Waals surface area contributed by atoms with E-state index in [0.717, 1.165) is 10.2 Å². The number of amides is 1. The van der Waals surface area contributed by atoms with E-state index >= 15 is 0 Å².